The van der Waals surface area contributed by atoms with E-state index in [2.05, 4.69) is 43.3 Å². The molecule has 2 heterocycles. The van der Waals surface area contributed by atoms with E-state index in [1.807, 2.05) is 44.2 Å². The number of aryl methyl sites for hydroxylation is 4. The molecule has 1 amide bonds. The molecule has 0 aliphatic carbocycles. The number of rotatable bonds is 7. The monoisotopic (exact) mass is 470 g/mol. The van der Waals surface area contributed by atoms with Gasteiger partial charge in [0.05, 0.1) is 24.9 Å². The maximum atomic E-state index is 12.8. The van der Waals surface area contributed by atoms with Crippen LogP contribution in [0, 0.1) is 27.7 Å². The SMILES string of the molecule is CCOc1ccc(/C=C/C(=O)Nc2cc(C)nn2-c2cc(C)c3cc(C)cc(C)c3n2)cc1OC. The second kappa shape index (κ2) is 10.0. The number of aromatic nitrogens is 3. The molecule has 0 bridgehead atoms. The highest BCUT2D eigenvalue weighted by atomic mass is 16.5. The number of carbonyl (C=O) groups is 1. The maximum Gasteiger partial charge on any atom is 0.249 e. The van der Waals surface area contributed by atoms with E-state index < -0.39 is 0 Å². The van der Waals surface area contributed by atoms with Crippen LogP contribution in [0.3, 0.4) is 0 Å². The molecular weight excluding hydrogens is 440 g/mol. The van der Waals surface area contributed by atoms with E-state index in [1.165, 1.54) is 11.6 Å². The summed E-state index contributed by atoms with van der Waals surface area (Å²) in [6.07, 6.45) is 3.21. The molecule has 0 aliphatic rings. The summed E-state index contributed by atoms with van der Waals surface area (Å²) in [5.74, 6) is 2.22. The van der Waals surface area contributed by atoms with Crippen LogP contribution in [0.1, 0.15) is 34.9 Å². The van der Waals surface area contributed by atoms with E-state index in [-0.39, 0.29) is 5.91 Å². The minimum absolute atomic E-state index is 0.275. The summed E-state index contributed by atoms with van der Waals surface area (Å²) in [5, 5.41) is 8.63. The Bertz CT molecular complexity index is 1440. The predicted octanol–water partition coefficient (Wildman–Crippen LogP) is 5.71. The number of pyridine rings is 1. The third kappa shape index (κ3) is 5.19. The van der Waals surface area contributed by atoms with Gasteiger partial charge in [-0.2, -0.15) is 9.78 Å². The normalized spacial score (nSPS) is 11.3. The molecule has 4 rings (SSSR count). The summed E-state index contributed by atoms with van der Waals surface area (Å²) in [4.78, 5) is 17.6. The Hall–Kier alpha value is -4.13. The lowest BCUT2D eigenvalue weighted by Crippen LogP contribution is -2.13. The van der Waals surface area contributed by atoms with Gasteiger partial charge in [-0.25, -0.2) is 4.98 Å². The van der Waals surface area contributed by atoms with Crippen molar-refractivity contribution in [2.24, 2.45) is 0 Å². The zero-order chi connectivity index (χ0) is 25.1. The fourth-order valence-corrected chi connectivity index (χ4v) is 4.10. The van der Waals surface area contributed by atoms with Crippen molar-refractivity contribution in [1.82, 2.24) is 14.8 Å². The van der Waals surface area contributed by atoms with Gasteiger partial charge >= 0.3 is 0 Å². The number of carbonyl (C=O) groups excluding carboxylic acids is 1. The van der Waals surface area contributed by atoms with Gasteiger partial charge in [0.15, 0.2) is 17.3 Å². The lowest BCUT2D eigenvalue weighted by molar-refractivity contribution is -0.111. The Balaban J connectivity index is 1.60. The molecule has 0 aliphatic heterocycles. The van der Waals surface area contributed by atoms with Crippen LogP contribution in [0.4, 0.5) is 5.82 Å². The van der Waals surface area contributed by atoms with Crippen LogP contribution < -0.4 is 14.8 Å². The van der Waals surface area contributed by atoms with Crippen molar-refractivity contribution in [1.29, 1.82) is 0 Å². The molecule has 7 nitrogen and oxygen atoms in total. The third-order valence-corrected chi connectivity index (χ3v) is 5.66. The van der Waals surface area contributed by atoms with Crippen molar-refractivity contribution in [3.8, 4) is 17.3 Å². The summed E-state index contributed by atoms with van der Waals surface area (Å²) >= 11 is 0. The first-order chi connectivity index (χ1) is 16.8. The van der Waals surface area contributed by atoms with Crippen molar-refractivity contribution in [3.63, 3.8) is 0 Å². The van der Waals surface area contributed by atoms with Crippen LogP contribution in [0.5, 0.6) is 11.5 Å². The second-order valence-corrected chi connectivity index (χ2v) is 8.52. The van der Waals surface area contributed by atoms with E-state index in [0.29, 0.717) is 29.7 Å². The molecule has 0 fully saturated rings. The molecule has 2 aromatic heterocycles. The minimum Gasteiger partial charge on any atom is -0.493 e. The first-order valence-corrected chi connectivity index (χ1v) is 11.5. The molecule has 0 saturated carbocycles. The molecule has 4 aromatic rings. The Kier molecular flexibility index (Phi) is 6.87. The molecule has 0 spiro atoms. The van der Waals surface area contributed by atoms with Gasteiger partial charge in [-0.05, 0) is 81.7 Å². The number of fused-ring (bicyclic) bond motifs is 1. The lowest BCUT2D eigenvalue weighted by Gasteiger charge is -2.12. The van der Waals surface area contributed by atoms with Crippen molar-refractivity contribution in [3.05, 3.63) is 76.5 Å². The number of nitrogens with zero attached hydrogens (tertiary/aromatic N) is 3. The highest BCUT2D eigenvalue weighted by molar-refractivity contribution is 6.01. The first-order valence-electron chi connectivity index (χ1n) is 11.5. The number of nitrogens with one attached hydrogen (secondary N) is 1. The van der Waals surface area contributed by atoms with Gasteiger partial charge in [0.2, 0.25) is 5.91 Å². The summed E-state index contributed by atoms with van der Waals surface area (Å²) in [6.45, 7) is 10.6. The zero-order valence-electron chi connectivity index (χ0n) is 21.0. The van der Waals surface area contributed by atoms with Crippen LogP contribution in [-0.4, -0.2) is 34.4 Å². The number of anilines is 1. The predicted molar refractivity (Wildman–Crippen MR) is 140 cm³/mol. The average Bonchev–Trinajstić information content (AvgIpc) is 3.18. The van der Waals surface area contributed by atoms with Gasteiger partial charge in [0, 0.05) is 17.5 Å². The number of benzene rings is 2. The molecular formula is C28H30N4O3. The fraction of sp³-hybridized carbons (Fsp3) is 0.250. The van der Waals surface area contributed by atoms with Crippen LogP contribution in [0.2, 0.25) is 0 Å². The van der Waals surface area contributed by atoms with Gasteiger partial charge in [0.25, 0.3) is 0 Å². The smallest absolute Gasteiger partial charge is 0.249 e. The number of methoxy groups -OCH3 is 1. The Labute approximate surface area is 205 Å². The highest BCUT2D eigenvalue weighted by Crippen LogP contribution is 2.29. The van der Waals surface area contributed by atoms with E-state index in [4.69, 9.17) is 14.5 Å². The van der Waals surface area contributed by atoms with Crippen molar-refractivity contribution in [2.75, 3.05) is 19.0 Å². The van der Waals surface area contributed by atoms with Crippen LogP contribution in [-0.2, 0) is 4.79 Å². The van der Waals surface area contributed by atoms with E-state index >= 15 is 0 Å². The number of hydrogen-bond donors (Lipinski definition) is 1. The van der Waals surface area contributed by atoms with E-state index in [9.17, 15) is 4.79 Å². The van der Waals surface area contributed by atoms with Gasteiger partial charge < -0.3 is 14.8 Å². The van der Waals surface area contributed by atoms with Gasteiger partial charge in [0.1, 0.15) is 5.82 Å². The zero-order valence-corrected chi connectivity index (χ0v) is 21.0. The third-order valence-electron chi connectivity index (χ3n) is 5.66. The standard InChI is InChI=1S/C28H30N4O3/c1-7-35-23-10-8-21(16-24(23)34-6)9-11-27(33)29-26-15-20(5)31-32(26)25-14-18(3)22-13-17(2)12-19(4)28(22)30-25/h8-16H,7H2,1-6H3,(H,29,33)/b11-9+. The molecule has 1 N–H and O–H groups in total. The highest BCUT2D eigenvalue weighted by Gasteiger charge is 2.14. The quantitative estimate of drug-likeness (QED) is 0.350. The molecule has 2 aromatic carbocycles. The van der Waals surface area contributed by atoms with E-state index in [0.717, 1.165) is 33.3 Å². The Morgan fingerprint density at radius 1 is 1.03 bits per heavy atom. The molecule has 0 unspecified atom stereocenters. The maximum absolute atomic E-state index is 12.8. The lowest BCUT2D eigenvalue weighted by atomic mass is 10.0. The first kappa shape index (κ1) is 24.0. The largest absolute Gasteiger partial charge is 0.493 e. The molecule has 0 atom stereocenters. The molecule has 35 heavy (non-hydrogen) atoms. The summed E-state index contributed by atoms with van der Waals surface area (Å²) in [6, 6.07) is 13.6. The molecule has 0 saturated heterocycles. The topological polar surface area (TPSA) is 78.3 Å². The number of amides is 1. The average molecular weight is 471 g/mol. The van der Waals surface area contributed by atoms with Gasteiger partial charge in [-0.1, -0.05) is 17.7 Å². The van der Waals surface area contributed by atoms with Gasteiger partial charge in [-0.15, -0.1) is 0 Å². The van der Waals surface area contributed by atoms with Crippen LogP contribution >= 0.6 is 0 Å². The second-order valence-electron chi connectivity index (χ2n) is 8.52. The summed E-state index contributed by atoms with van der Waals surface area (Å²) in [7, 11) is 1.59. The molecule has 0 radical (unpaired) electrons. The van der Waals surface area contributed by atoms with Crippen molar-refractivity contribution < 1.29 is 14.3 Å². The van der Waals surface area contributed by atoms with Crippen molar-refractivity contribution >= 4 is 28.7 Å². The Morgan fingerprint density at radius 3 is 2.57 bits per heavy atom. The molecule has 180 valence electrons. The van der Waals surface area contributed by atoms with Crippen molar-refractivity contribution in [2.45, 2.75) is 34.6 Å². The fourth-order valence-electron chi connectivity index (χ4n) is 4.10. The minimum atomic E-state index is -0.275. The van der Waals surface area contributed by atoms with Crippen LogP contribution in [0.25, 0.3) is 22.8 Å². The van der Waals surface area contributed by atoms with Crippen LogP contribution in [0.15, 0.2) is 48.5 Å². The Morgan fingerprint density at radius 2 is 1.83 bits per heavy atom. The summed E-state index contributed by atoms with van der Waals surface area (Å²) in [5.41, 5.74) is 5.94. The number of hydrogen-bond acceptors (Lipinski definition) is 5. The molecule has 7 heteroatoms. The van der Waals surface area contributed by atoms with Gasteiger partial charge in [-0.3, -0.25) is 4.79 Å². The number of ether oxygens (including phenoxy) is 2. The van der Waals surface area contributed by atoms with E-state index in [1.54, 1.807) is 17.9 Å². The summed E-state index contributed by atoms with van der Waals surface area (Å²) < 4.78 is 12.6.